The van der Waals surface area contributed by atoms with Crippen LogP contribution in [-0.2, 0) is 0 Å². The summed E-state index contributed by atoms with van der Waals surface area (Å²) in [7, 11) is 1.61. The highest BCUT2D eigenvalue weighted by atomic mass is 16.5. The normalized spacial score (nSPS) is 21.9. The highest BCUT2D eigenvalue weighted by molar-refractivity contribution is 5.91. The van der Waals surface area contributed by atoms with Crippen molar-refractivity contribution in [2.75, 3.05) is 7.11 Å². The third kappa shape index (κ3) is 5.15. The first-order chi connectivity index (χ1) is 13.6. The van der Waals surface area contributed by atoms with Crippen LogP contribution in [0, 0.1) is 11.8 Å². The Balaban J connectivity index is 1.59. The number of methoxy groups -OCH3 is 1. The molecule has 0 radical (unpaired) electrons. The molecule has 1 aliphatic carbocycles. The number of ether oxygens (including phenoxy) is 2. The molecular weight excluding hydrogens is 348 g/mol. The van der Waals surface area contributed by atoms with Gasteiger partial charge in [0.05, 0.1) is 12.7 Å². The van der Waals surface area contributed by atoms with Gasteiger partial charge in [0.15, 0.2) is 0 Å². The molecule has 3 nitrogen and oxygen atoms in total. The van der Waals surface area contributed by atoms with Crippen molar-refractivity contribution in [1.82, 2.24) is 0 Å². The molecule has 0 aliphatic heterocycles. The molecule has 3 heteroatoms. The SMILES string of the molecule is CCCCC1CCC(c2ccc(C(=O)Oc3ccc(OC)cc3)cc2)C(C)C1. The zero-order valence-electron chi connectivity index (χ0n) is 17.3. The van der Waals surface area contributed by atoms with Crippen molar-refractivity contribution in [1.29, 1.82) is 0 Å². The first-order valence-corrected chi connectivity index (χ1v) is 10.6. The summed E-state index contributed by atoms with van der Waals surface area (Å²) in [5, 5.41) is 0. The van der Waals surface area contributed by atoms with E-state index in [-0.39, 0.29) is 5.97 Å². The number of rotatable bonds is 7. The summed E-state index contributed by atoms with van der Waals surface area (Å²) in [6.45, 7) is 4.66. The maximum atomic E-state index is 12.4. The quantitative estimate of drug-likeness (QED) is 0.400. The van der Waals surface area contributed by atoms with E-state index in [2.05, 4.69) is 26.0 Å². The maximum absolute atomic E-state index is 12.4. The van der Waals surface area contributed by atoms with E-state index in [0.29, 0.717) is 23.1 Å². The molecule has 3 atom stereocenters. The van der Waals surface area contributed by atoms with E-state index in [9.17, 15) is 4.79 Å². The van der Waals surface area contributed by atoms with E-state index < -0.39 is 0 Å². The molecule has 3 unspecified atom stereocenters. The summed E-state index contributed by atoms with van der Waals surface area (Å²) in [5.41, 5.74) is 1.94. The second-order valence-corrected chi connectivity index (χ2v) is 8.09. The molecule has 3 rings (SSSR count). The van der Waals surface area contributed by atoms with Crippen LogP contribution in [0.3, 0.4) is 0 Å². The summed E-state index contributed by atoms with van der Waals surface area (Å²) in [5.74, 6) is 3.13. The fraction of sp³-hybridized carbons (Fsp3) is 0.480. The van der Waals surface area contributed by atoms with Crippen molar-refractivity contribution in [3.63, 3.8) is 0 Å². The number of unbranched alkanes of at least 4 members (excludes halogenated alkanes) is 1. The van der Waals surface area contributed by atoms with Crippen LogP contribution in [0.15, 0.2) is 48.5 Å². The average molecular weight is 381 g/mol. The predicted octanol–water partition coefficient (Wildman–Crippen LogP) is 6.62. The van der Waals surface area contributed by atoms with Crippen LogP contribution in [-0.4, -0.2) is 13.1 Å². The number of esters is 1. The van der Waals surface area contributed by atoms with Gasteiger partial charge in [-0.2, -0.15) is 0 Å². The Morgan fingerprint density at radius 3 is 2.29 bits per heavy atom. The number of benzene rings is 2. The van der Waals surface area contributed by atoms with Crippen LogP contribution >= 0.6 is 0 Å². The molecule has 2 aromatic carbocycles. The molecule has 0 aromatic heterocycles. The smallest absolute Gasteiger partial charge is 0.343 e. The number of hydrogen-bond donors (Lipinski definition) is 0. The van der Waals surface area contributed by atoms with E-state index in [1.54, 1.807) is 31.4 Å². The summed E-state index contributed by atoms with van der Waals surface area (Å²) in [4.78, 5) is 12.4. The Labute approximate surface area is 169 Å². The molecule has 0 bridgehead atoms. The second kappa shape index (κ2) is 9.77. The van der Waals surface area contributed by atoms with Gasteiger partial charge >= 0.3 is 5.97 Å². The zero-order chi connectivity index (χ0) is 19.9. The minimum Gasteiger partial charge on any atom is -0.497 e. The van der Waals surface area contributed by atoms with Gasteiger partial charge in [-0.1, -0.05) is 45.2 Å². The van der Waals surface area contributed by atoms with Crippen molar-refractivity contribution in [2.45, 2.75) is 58.3 Å². The standard InChI is InChI=1S/C25H32O3/c1-4-5-6-19-7-16-24(18(2)17-19)20-8-10-21(11-9-20)25(26)28-23-14-12-22(27-3)13-15-23/h8-15,18-19,24H,4-7,16-17H2,1-3H3. The van der Waals surface area contributed by atoms with Gasteiger partial charge in [0.25, 0.3) is 0 Å². The molecule has 1 fully saturated rings. The van der Waals surface area contributed by atoms with Crippen LogP contribution in [0.25, 0.3) is 0 Å². The highest BCUT2D eigenvalue weighted by Crippen LogP contribution is 2.41. The minimum absolute atomic E-state index is 0.326. The summed E-state index contributed by atoms with van der Waals surface area (Å²) in [6, 6.07) is 15.1. The van der Waals surface area contributed by atoms with Crippen LogP contribution in [0.5, 0.6) is 11.5 Å². The van der Waals surface area contributed by atoms with Gasteiger partial charge in [0.1, 0.15) is 11.5 Å². The van der Waals surface area contributed by atoms with E-state index in [0.717, 1.165) is 11.7 Å². The van der Waals surface area contributed by atoms with E-state index in [1.165, 1.54) is 44.1 Å². The van der Waals surface area contributed by atoms with Gasteiger partial charge in [-0.25, -0.2) is 4.79 Å². The second-order valence-electron chi connectivity index (χ2n) is 8.09. The Kier molecular flexibility index (Phi) is 7.13. The minimum atomic E-state index is -0.326. The summed E-state index contributed by atoms with van der Waals surface area (Å²) >= 11 is 0. The fourth-order valence-corrected chi connectivity index (χ4v) is 4.43. The maximum Gasteiger partial charge on any atom is 0.343 e. The Morgan fingerprint density at radius 2 is 1.68 bits per heavy atom. The van der Waals surface area contributed by atoms with Crippen molar-refractivity contribution >= 4 is 5.97 Å². The lowest BCUT2D eigenvalue weighted by Crippen LogP contribution is -2.21. The van der Waals surface area contributed by atoms with Gasteiger partial charge in [0, 0.05) is 0 Å². The molecule has 0 heterocycles. The van der Waals surface area contributed by atoms with Gasteiger partial charge in [0.2, 0.25) is 0 Å². The Hall–Kier alpha value is -2.29. The first-order valence-electron chi connectivity index (χ1n) is 10.6. The molecule has 150 valence electrons. The topological polar surface area (TPSA) is 35.5 Å². The van der Waals surface area contributed by atoms with Gasteiger partial charge in [-0.05, 0) is 79.0 Å². The summed E-state index contributed by atoms with van der Waals surface area (Å²) < 4.78 is 10.6. The van der Waals surface area contributed by atoms with E-state index in [4.69, 9.17) is 9.47 Å². The Morgan fingerprint density at radius 1 is 1.00 bits per heavy atom. The molecule has 0 saturated heterocycles. The molecule has 2 aromatic rings. The molecule has 0 spiro atoms. The van der Waals surface area contributed by atoms with E-state index >= 15 is 0 Å². The van der Waals surface area contributed by atoms with Gasteiger partial charge in [-0.3, -0.25) is 0 Å². The van der Waals surface area contributed by atoms with Crippen molar-refractivity contribution < 1.29 is 14.3 Å². The van der Waals surface area contributed by atoms with E-state index in [1.807, 2.05) is 12.1 Å². The highest BCUT2D eigenvalue weighted by Gasteiger charge is 2.28. The largest absolute Gasteiger partial charge is 0.497 e. The van der Waals surface area contributed by atoms with Crippen LogP contribution in [0.1, 0.15) is 74.2 Å². The zero-order valence-corrected chi connectivity index (χ0v) is 17.3. The average Bonchev–Trinajstić information content (AvgIpc) is 2.73. The molecule has 0 N–H and O–H groups in total. The van der Waals surface area contributed by atoms with Gasteiger partial charge in [-0.15, -0.1) is 0 Å². The van der Waals surface area contributed by atoms with Crippen LogP contribution in [0.2, 0.25) is 0 Å². The predicted molar refractivity (Wildman–Crippen MR) is 113 cm³/mol. The van der Waals surface area contributed by atoms with Crippen molar-refractivity contribution in [3.05, 3.63) is 59.7 Å². The molecule has 1 aliphatic rings. The van der Waals surface area contributed by atoms with Crippen molar-refractivity contribution in [3.8, 4) is 11.5 Å². The van der Waals surface area contributed by atoms with Crippen molar-refractivity contribution in [2.24, 2.45) is 11.8 Å². The number of carbonyl (C=O) groups excluding carboxylic acids is 1. The molecule has 1 saturated carbocycles. The lowest BCUT2D eigenvalue weighted by atomic mass is 9.71. The molecule has 0 amide bonds. The van der Waals surface area contributed by atoms with Crippen LogP contribution < -0.4 is 9.47 Å². The lowest BCUT2D eigenvalue weighted by Gasteiger charge is -2.34. The van der Waals surface area contributed by atoms with Gasteiger partial charge < -0.3 is 9.47 Å². The monoisotopic (exact) mass is 380 g/mol. The third-order valence-corrected chi connectivity index (χ3v) is 6.09. The fourth-order valence-electron chi connectivity index (χ4n) is 4.43. The lowest BCUT2D eigenvalue weighted by molar-refractivity contribution is 0.0734. The number of hydrogen-bond acceptors (Lipinski definition) is 3. The molecular formula is C25H32O3. The first kappa shape index (κ1) is 20.4. The molecule has 28 heavy (non-hydrogen) atoms. The summed E-state index contributed by atoms with van der Waals surface area (Å²) in [6.07, 6.45) is 7.94. The third-order valence-electron chi connectivity index (χ3n) is 6.09. The number of carbonyl (C=O) groups is 1. The Bertz CT molecular complexity index is 748. The van der Waals surface area contributed by atoms with Crippen LogP contribution in [0.4, 0.5) is 0 Å².